The quantitative estimate of drug-likeness (QED) is 0.652. The molecule has 0 bridgehead atoms. The van der Waals surface area contributed by atoms with Gasteiger partial charge >= 0.3 is 5.97 Å². The Labute approximate surface area is 141 Å². The maximum absolute atomic E-state index is 12.3. The molecule has 0 radical (unpaired) electrons. The fraction of sp³-hybridized carbons (Fsp3) is 0.278. The molecule has 1 heterocycles. The number of hydrogen-bond donors (Lipinski definition) is 1. The van der Waals surface area contributed by atoms with Crippen molar-refractivity contribution in [3.8, 4) is 5.69 Å². The highest BCUT2D eigenvalue weighted by molar-refractivity contribution is 5.95. The maximum Gasteiger partial charge on any atom is 0.330 e. The summed E-state index contributed by atoms with van der Waals surface area (Å²) >= 11 is 0. The van der Waals surface area contributed by atoms with Crippen LogP contribution in [0, 0.1) is 6.92 Å². The van der Waals surface area contributed by atoms with Crippen LogP contribution in [0.3, 0.4) is 0 Å². The van der Waals surface area contributed by atoms with Crippen LogP contribution >= 0.6 is 0 Å². The Bertz CT molecular complexity index is 763. The van der Waals surface area contributed by atoms with E-state index in [2.05, 4.69) is 15.2 Å². The Kier molecular flexibility index (Phi) is 5.89. The number of methoxy groups -OCH3 is 1. The number of benzene rings is 1. The third-order valence-corrected chi connectivity index (χ3v) is 3.53. The van der Waals surface area contributed by atoms with E-state index in [0.717, 1.165) is 16.9 Å². The molecule has 1 N–H and O–H groups in total. The normalized spacial score (nSPS) is 10.8. The Morgan fingerprint density at radius 3 is 2.83 bits per heavy atom. The molecule has 0 saturated heterocycles. The van der Waals surface area contributed by atoms with E-state index in [0.29, 0.717) is 12.0 Å². The summed E-state index contributed by atoms with van der Waals surface area (Å²) in [6.45, 7) is 4.24. The van der Waals surface area contributed by atoms with Crippen molar-refractivity contribution in [2.24, 2.45) is 0 Å². The molecule has 2 aromatic rings. The minimum Gasteiger partial charge on any atom is -0.466 e. The molecular weight excluding hydrogens is 306 g/mol. The molecule has 0 aliphatic rings. The predicted octanol–water partition coefficient (Wildman–Crippen LogP) is 2.20. The fourth-order valence-corrected chi connectivity index (χ4v) is 2.36. The molecule has 0 unspecified atom stereocenters. The Balaban J connectivity index is 2.15. The number of hydrogen-bond acceptors (Lipinski definition) is 4. The topological polar surface area (TPSA) is 73.2 Å². The second-order valence-corrected chi connectivity index (χ2v) is 5.24. The van der Waals surface area contributed by atoms with Crippen molar-refractivity contribution in [2.75, 3.05) is 13.7 Å². The van der Waals surface area contributed by atoms with Gasteiger partial charge in [0.15, 0.2) is 0 Å². The highest BCUT2D eigenvalue weighted by atomic mass is 16.5. The monoisotopic (exact) mass is 327 g/mol. The number of aryl methyl sites for hydroxylation is 1. The molecule has 2 rings (SSSR count). The number of carbonyl (C=O) groups is 2. The standard InChI is InChI=1S/C18H21N3O3/c1-4-16-15(18(23)19-10-6-9-17(22)24-3)12-20-21(16)14-8-5-7-13(2)11-14/h5-9,11-12H,4,10H2,1-3H3,(H,19,23)/b9-6+. The van der Waals surface area contributed by atoms with Crippen LogP contribution in [0.2, 0.25) is 0 Å². The molecule has 0 spiro atoms. The molecular formula is C18H21N3O3. The van der Waals surface area contributed by atoms with Gasteiger partial charge in [-0.15, -0.1) is 0 Å². The van der Waals surface area contributed by atoms with E-state index in [-0.39, 0.29) is 12.5 Å². The van der Waals surface area contributed by atoms with Crippen molar-refractivity contribution in [3.63, 3.8) is 0 Å². The molecule has 24 heavy (non-hydrogen) atoms. The lowest BCUT2D eigenvalue weighted by Gasteiger charge is -2.08. The van der Waals surface area contributed by atoms with Gasteiger partial charge in [-0.05, 0) is 31.0 Å². The molecule has 0 saturated carbocycles. The zero-order chi connectivity index (χ0) is 17.5. The molecule has 1 amide bonds. The van der Waals surface area contributed by atoms with Crippen LogP contribution in [0.15, 0.2) is 42.6 Å². The van der Waals surface area contributed by atoms with Crippen LogP contribution in [0.1, 0.15) is 28.5 Å². The molecule has 6 nitrogen and oxygen atoms in total. The predicted molar refractivity (Wildman–Crippen MR) is 91.2 cm³/mol. The number of amides is 1. The van der Waals surface area contributed by atoms with Crippen LogP contribution in [0.5, 0.6) is 0 Å². The van der Waals surface area contributed by atoms with E-state index in [9.17, 15) is 9.59 Å². The number of rotatable bonds is 6. The van der Waals surface area contributed by atoms with Crippen LogP contribution in [-0.4, -0.2) is 35.3 Å². The summed E-state index contributed by atoms with van der Waals surface area (Å²) in [7, 11) is 1.30. The lowest BCUT2D eigenvalue weighted by Crippen LogP contribution is -2.24. The van der Waals surface area contributed by atoms with Gasteiger partial charge in [0, 0.05) is 12.6 Å². The third-order valence-electron chi connectivity index (χ3n) is 3.53. The van der Waals surface area contributed by atoms with E-state index < -0.39 is 5.97 Å². The van der Waals surface area contributed by atoms with E-state index in [1.807, 2.05) is 38.1 Å². The lowest BCUT2D eigenvalue weighted by molar-refractivity contribution is -0.134. The first-order valence-electron chi connectivity index (χ1n) is 7.73. The van der Waals surface area contributed by atoms with Gasteiger partial charge in [0.2, 0.25) is 0 Å². The number of ether oxygens (including phenoxy) is 1. The fourth-order valence-electron chi connectivity index (χ4n) is 2.36. The van der Waals surface area contributed by atoms with Gasteiger partial charge in [-0.1, -0.05) is 25.1 Å². The van der Waals surface area contributed by atoms with Crippen molar-refractivity contribution in [2.45, 2.75) is 20.3 Å². The first-order valence-corrected chi connectivity index (χ1v) is 7.73. The summed E-state index contributed by atoms with van der Waals surface area (Å²) in [6, 6.07) is 7.95. The third kappa shape index (κ3) is 4.10. The Morgan fingerprint density at radius 2 is 2.17 bits per heavy atom. The average molecular weight is 327 g/mol. The zero-order valence-corrected chi connectivity index (χ0v) is 14.1. The second-order valence-electron chi connectivity index (χ2n) is 5.24. The second kappa shape index (κ2) is 8.10. The van der Waals surface area contributed by atoms with E-state index >= 15 is 0 Å². The highest BCUT2D eigenvalue weighted by Crippen LogP contribution is 2.16. The maximum atomic E-state index is 12.3. The number of carbonyl (C=O) groups excluding carboxylic acids is 2. The van der Waals surface area contributed by atoms with Crippen LogP contribution in [0.4, 0.5) is 0 Å². The highest BCUT2D eigenvalue weighted by Gasteiger charge is 2.16. The summed E-state index contributed by atoms with van der Waals surface area (Å²) in [6.07, 6.45) is 5.06. The molecule has 0 aliphatic heterocycles. The van der Waals surface area contributed by atoms with Crippen LogP contribution < -0.4 is 5.32 Å². The lowest BCUT2D eigenvalue weighted by atomic mass is 10.1. The van der Waals surface area contributed by atoms with Gasteiger partial charge in [0.25, 0.3) is 5.91 Å². The zero-order valence-electron chi connectivity index (χ0n) is 14.1. The van der Waals surface area contributed by atoms with Crippen molar-refractivity contribution in [1.82, 2.24) is 15.1 Å². The van der Waals surface area contributed by atoms with E-state index in [1.54, 1.807) is 17.0 Å². The smallest absolute Gasteiger partial charge is 0.330 e. The molecule has 1 aromatic heterocycles. The van der Waals surface area contributed by atoms with E-state index in [1.165, 1.54) is 13.2 Å². The van der Waals surface area contributed by atoms with Crippen molar-refractivity contribution < 1.29 is 14.3 Å². The van der Waals surface area contributed by atoms with Gasteiger partial charge in [-0.3, -0.25) is 4.79 Å². The van der Waals surface area contributed by atoms with Crippen molar-refractivity contribution in [1.29, 1.82) is 0 Å². The molecule has 0 aliphatic carbocycles. The van der Waals surface area contributed by atoms with Gasteiger partial charge in [-0.2, -0.15) is 5.10 Å². The first kappa shape index (κ1) is 17.5. The van der Waals surface area contributed by atoms with Crippen molar-refractivity contribution in [3.05, 3.63) is 59.4 Å². The number of aromatic nitrogens is 2. The summed E-state index contributed by atoms with van der Waals surface area (Å²) in [5.41, 5.74) is 3.43. The number of nitrogens with zero attached hydrogens (tertiary/aromatic N) is 2. The first-order chi connectivity index (χ1) is 11.6. The molecule has 1 aromatic carbocycles. The number of nitrogens with one attached hydrogen (secondary N) is 1. The van der Waals surface area contributed by atoms with Gasteiger partial charge in [-0.25, -0.2) is 9.48 Å². The number of esters is 1. The van der Waals surface area contributed by atoms with Gasteiger partial charge < -0.3 is 10.1 Å². The van der Waals surface area contributed by atoms with Crippen molar-refractivity contribution >= 4 is 11.9 Å². The average Bonchev–Trinajstić information content (AvgIpc) is 3.02. The largest absolute Gasteiger partial charge is 0.466 e. The van der Waals surface area contributed by atoms with Gasteiger partial charge in [0.1, 0.15) is 0 Å². The summed E-state index contributed by atoms with van der Waals surface area (Å²) in [4.78, 5) is 23.3. The van der Waals surface area contributed by atoms with Crippen LogP contribution in [-0.2, 0) is 16.0 Å². The minimum atomic E-state index is -0.453. The minimum absolute atomic E-state index is 0.222. The van der Waals surface area contributed by atoms with Gasteiger partial charge in [0.05, 0.1) is 30.3 Å². The van der Waals surface area contributed by atoms with Crippen LogP contribution in [0.25, 0.3) is 5.69 Å². The van der Waals surface area contributed by atoms with E-state index in [4.69, 9.17) is 0 Å². The summed E-state index contributed by atoms with van der Waals surface area (Å²) in [5, 5.41) is 7.10. The summed E-state index contributed by atoms with van der Waals surface area (Å²) in [5.74, 6) is -0.675. The Morgan fingerprint density at radius 1 is 1.38 bits per heavy atom. The molecule has 0 fully saturated rings. The SMILES string of the molecule is CCc1c(C(=O)NC/C=C/C(=O)OC)cnn1-c1cccc(C)c1. The Hall–Kier alpha value is -2.89. The molecule has 126 valence electrons. The molecule has 0 atom stereocenters. The molecule has 6 heteroatoms. The summed E-state index contributed by atoms with van der Waals surface area (Å²) < 4.78 is 6.27.